The first kappa shape index (κ1) is 20.1. The summed E-state index contributed by atoms with van der Waals surface area (Å²) in [5.74, 6) is -1.51. The summed E-state index contributed by atoms with van der Waals surface area (Å²) >= 11 is 0. The van der Waals surface area contributed by atoms with Gasteiger partial charge in [-0.2, -0.15) is 0 Å². The van der Waals surface area contributed by atoms with E-state index in [-0.39, 0.29) is 35.8 Å². The van der Waals surface area contributed by atoms with Crippen LogP contribution in [0.5, 0.6) is 0 Å². The molecular formula is C24H23F3N2O2. The largest absolute Gasteiger partial charge is 0.395 e. The Hall–Kier alpha value is -2.80. The van der Waals surface area contributed by atoms with Gasteiger partial charge in [0.1, 0.15) is 17.5 Å². The van der Waals surface area contributed by atoms with Crippen LogP contribution in [0.2, 0.25) is 0 Å². The molecule has 4 nitrogen and oxygen atoms in total. The van der Waals surface area contributed by atoms with Gasteiger partial charge in [-0.1, -0.05) is 0 Å². The lowest BCUT2D eigenvalue weighted by atomic mass is 9.75. The molecule has 2 saturated carbocycles. The number of H-pyrrole nitrogens is 1. The van der Waals surface area contributed by atoms with Gasteiger partial charge in [0.15, 0.2) is 0 Å². The van der Waals surface area contributed by atoms with E-state index in [0.29, 0.717) is 23.1 Å². The van der Waals surface area contributed by atoms with Gasteiger partial charge in [0, 0.05) is 23.2 Å². The fourth-order valence-electron chi connectivity index (χ4n) is 4.60. The zero-order valence-electron chi connectivity index (χ0n) is 16.9. The maximum atomic E-state index is 14.4. The van der Waals surface area contributed by atoms with Crippen molar-refractivity contribution in [3.05, 3.63) is 59.4 Å². The summed E-state index contributed by atoms with van der Waals surface area (Å²) in [5.41, 5.74) is 1.80. The Balaban J connectivity index is 1.38. The number of halogens is 3. The second-order valence-electron chi connectivity index (χ2n) is 8.95. The molecule has 5 rings (SSSR count). The summed E-state index contributed by atoms with van der Waals surface area (Å²) in [6, 6.07) is 8.14. The zero-order valence-corrected chi connectivity index (χ0v) is 16.9. The molecule has 0 unspecified atom stereocenters. The van der Waals surface area contributed by atoms with Crippen molar-refractivity contribution in [1.82, 2.24) is 10.3 Å². The summed E-state index contributed by atoms with van der Waals surface area (Å²) < 4.78 is 41.8. The number of hydrogen-bond acceptors (Lipinski definition) is 2. The lowest BCUT2D eigenvalue weighted by Crippen LogP contribution is -2.48. The predicted octanol–water partition coefficient (Wildman–Crippen LogP) is 4.46. The number of rotatable bonds is 6. The molecule has 3 N–H and O–H groups in total. The number of fused-ring (bicyclic) bond motifs is 1. The number of carbonyl (C=O) groups is 1. The Kier molecular flexibility index (Phi) is 4.81. The van der Waals surface area contributed by atoms with Crippen LogP contribution in [0.4, 0.5) is 13.2 Å². The molecule has 0 spiro atoms. The molecule has 1 aromatic heterocycles. The van der Waals surface area contributed by atoms with Crippen LogP contribution < -0.4 is 5.32 Å². The average Bonchev–Trinajstić information content (AvgIpc) is 3.44. The van der Waals surface area contributed by atoms with Gasteiger partial charge in [-0.15, -0.1) is 0 Å². The number of benzene rings is 2. The standard InChI is InChI=1S/C24H23F3N2O2/c25-15-3-1-14(2-4-15)21-18(19-10-16(26)11-20(27)22(19)29-21)9-13-7-17(8-13)28-23(31)24(12-30)5-6-24/h1-4,10-11,13,17,29-30H,5-9,12H2,(H,28,31)/t13-,17-. The van der Waals surface area contributed by atoms with Gasteiger partial charge < -0.3 is 15.4 Å². The Bertz CT molecular complexity index is 1150. The molecule has 7 heteroatoms. The molecule has 3 aromatic rings. The van der Waals surface area contributed by atoms with E-state index >= 15 is 0 Å². The van der Waals surface area contributed by atoms with Crippen LogP contribution in [0.1, 0.15) is 31.2 Å². The highest BCUT2D eigenvalue weighted by Crippen LogP contribution is 2.46. The van der Waals surface area contributed by atoms with Crippen LogP contribution in [0, 0.1) is 28.8 Å². The minimum Gasteiger partial charge on any atom is -0.395 e. The molecule has 31 heavy (non-hydrogen) atoms. The van der Waals surface area contributed by atoms with Gasteiger partial charge in [0.2, 0.25) is 5.91 Å². The van der Waals surface area contributed by atoms with E-state index in [1.165, 1.54) is 18.2 Å². The van der Waals surface area contributed by atoms with Crippen molar-refractivity contribution in [2.75, 3.05) is 6.61 Å². The molecule has 0 saturated heterocycles. The minimum absolute atomic E-state index is 0.0504. The lowest BCUT2D eigenvalue weighted by molar-refractivity contribution is -0.129. The zero-order chi connectivity index (χ0) is 21.8. The lowest BCUT2D eigenvalue weighted by Gasteiger charge is -2.37. The molecular weight excluding hydrogens is 405 g/mol. The normalized spacial score (nSPS) is 21.7. The van der Waals surface area contributed by atoms with Gasteiger partial charge >= 0.3 is 0 Å². The molecule has 0 bridgehead atoms. The Morgan fingerprint density at radius 3 is 2.45 bits per heavy atom. The number of amides is 1. The number of aliphatic hydroxyl groups excluding tert-OH is 1. The second-order valence-corrected chi connectivity index (χ2v) is 8.95. The van der Waals surface area contributed by atoms with Gasteiger partial charge in [-0.05, 0) is 79.5 Å². The van der Waals surface area contributed by atoms with Crippen molar-refractivity contribution < 1.29 is 23.1 Å². The third kappa shape index (κ3) is 3.61. The predicted molar refractivity (Wildman–Crippen MR) is 111 cm³/mol. The molecule has 2 aliphatic rings. The molecule has 0 aliphatic heterocycles. The summed E-state index contributed by atoms with van der Waals surface area (Å²) in [7, 11) is 0. The summed E-state index contributed by atoms with van der Waals surface area (Å²) in [6.07, 6.45) is 3.56. The molecule has 2 aliphatic carbocycles. The van der Waals surface area contributed by atoms with E-state index in [0.717, 1.165) is 37.3 Å². The monoisotopic (exact) mass is 428 g/mol. The minimum atomic E-state index is -0.665. The first-order valence-corrected chi connectivity index (χ1v) is 10.6. The Labute approximate surface area is 177 Å². The maximum Gasteiger partial charge on any atom is 0.228 e. The highest BCUT2D eigenvalue weighted by Gasteiger charge is 2.50. The number of hydrogen-bond donors (Lipinski definition) is 3. The Morgan fingerprint density at radius 2 is 1.81 bits per heavy atom. The summed E-state index contributed by atoms with van der Waals surface area (Å²) in [5, 5.41) is 12.9. The molecule has 2 aromatic carbocycles. The summed E-state index contributed by atoms with van der Waals surface area (Å²) in [4.78, 5) is 15.4. The third-order valence-electron chi connectivity index (χ3n) is 6.77. The number of aromatic nitrogens is 1. The molecule has 1 heterocycles. The number of nitrogens with one attached hydrogen (secondary N) is 2. The third-order valence-corrected chi connectivity index (χ3v) is 6.77. The summed E-state index contributed by atoms with van der Waals surface area (Å²) in [6.45, 7) is -0.123. The number of aliphatic hydroxyl groups is 1. The molecule has 2 fully saturated rings. The molecule has 1 amide bonds. The van der Waals surface area contributed by atoms with Gasteiger partial charge in [0.25, 0.3) is 0 Å². The van der Waals surface area contributed by atoms with E-state index in [1.807, 2.05) is 0 Å². The van der Waals surface area contributed by atoms with Crippen LogP contribution in [-0.4, -0.2) is 28.6 Å². The van der Waals surface area contributed by atoms with E-state index in [1.54, 1.807) is 12.1 Å². The van der Waals surface area contributed by atoms with Crippen molar-refractivity contribution in [3.63, 3.8) is 0 Å². The van der Waals surface area contributed by atoms with Gasteiger partial charge in [-0.3, -0.25) is 4.79 Å². The molecule has 0 atom stereocenters. The molecule has 0 radical (unpaired) electrons. The van der Waals surface area contributed by atoms with Crippen LogP contribution in [0.3, 0.4) is 0 Å². The van der Waals surface area contributed by atoms with Crippen molar-refractivity contribution in [1.29, 1.82) is 0 Å². The first-order valence-electron chi connectivity index (χ1n) is 10.6. The number of aromatic amines is 1. The Morgan fingerprint density at radius 1 is 1.10 bits per heavy atom. The van der Waals surface area contributed by atoms with Gasteiger partial charge in [-0.25, -0.2) is 13.2 Å². The van der Waals surface area contributed by atoms with Crippen molar-refractivity contribution in [2.45, 2.75) is 38.1 Å². The van der Waals surface area contributed by atoms with Crippen LogP contribution in [0.25, 0.3) is 22.2 Å². The van der Waals surface area contributed by atoms with E-state index in [4.69, 9.17) is 0 Å². The van der Waals surface area contributed by atoms with E-state index in [9.17, 15) is 23.1 Å². The average molecular weight is 428 g/mol. The first-order chi connectivity index (χ1) is 14.9. The van der Waals surface area contributed by atoms with Crippen molar-refractivity contribution in [2.24, 2.45) is 11.3 Å². The highest BCUT2D eigenvalue weighted by molar-refractivity contribution is 5.91. The highest BCUT2D eigenvalue weighted by atomic mass is 19.1. The fraction of sp³-hybridized carbons (Fsp3) is 0.375. The van der Waals surface area contributed by atoms with Gasteiger partial charge in [0.05, 0.1) is 17.5 Å². The maximum absolute atomic E-state index is 14.4. The van der Waals surface area contributed by atoms with Crippen LogP contribution in [0.15, 0.2) is 36.4 Å². The van der Waals surface area contributed by atoms with Crippen molar-refractivity contribution in [3.8, 4) is 11.3 Å². The van der Waals surface area contributed by atoms with E-state index in [2.05, 4.69) is 10.3 Å². The topological polar surface area (TPSA) is 65.1 Å². The smallest absolute Gasteiger partial charge is 0.228 e. The van der Waals surface area contributed by atoms with Crippen LogP contribution in [-0.2, 0) is 11.2 Å². The van der Waals surface area contributed by atoms with Crippen LogP contribution >= 0.6 is 0 Å². The fourth-order valence-corrected chi connectivity index (χ4v) is 4.60. The second kappa shape index (κ2) is 7.41. The molecule has 162 valence electrons. The van der Waals surface area contributed by atoms with Crippen molar-refractivity contribution >= 4 is 16.8 Å². The quantitative estimate of drug-likeness (QED) is 0.543. The van der Waals surface area contributed by atoms with E-state index < -0.39 is 17.0 Å². The number of carbonyl (C=O) groups excluding carboxylic acids is 1. The SMILES string of the molecule is O=C(N[C@H]1C[C@H](Cc2c(-c3ccc(F)cc3)[nH]c3c(F)cc(F)cc23)C1)C1(CO)CC1.